The van der Waals surface area contributed by atoms with Gasteiger partial charge in [0.15, 0.2) is 8.32 Å². The minimum Gasteiger partial charge on any atom is -0.411 e. The highest BCUT2D eigenvalue weighted by molar-refractivity contribution is 7.86. The lowest BCUT2D eigenvalue weighted by molar-refractivity contribution is 0.107. The quantitative estimate of drug-likeness (QED) is 0.304. The molecule has 1 atom stereocenters. The summed E-state index contributed by atoms with van der Waals surface area (Å²) in [6.07, 6.45) is 0.382. The lowest BCUT2D eigenvalue weighted by Gasteiger charge is -2.38. The highest BCUT2D eigenvalue weighted by Gasteiger charge is 2.38. The molecule has 0 amide bonds. The van der Waals surface area contributed by atoms with Crippen LogP contribution in [0.3, 0.4) is 0 Å². The highest BCUT2D eigenvalue weighted by Crippen LogP contribution is 2.37. The summed E-state index contributed by atoms with van der Waals surface area (Å²) in [6.45, 7) is 12.5. The fourth-order valence-corrected chi connectivity index (χ4v) is 4.24. The van der Waals surface area contributed by atoms with Crippen LogP contribution in [0.2, 0.25) is 18.1 Å². The Bertz CT molecular complexity index is 752. The molecule has 0 heterocycles. The molecule has 0 radical (unpaired) electrons. The molecule has 152 valence electrons. The van der Waals surface area contributed by atoms with Crippen molar-refractivity contribution in [3.8, 4) is 11.8 Å². The summed E-state index contributed by atoms with van der Waals surface area (Å²) in [4.78, 5) is 0.143. The van der Waals surface area contributed by atoms with Crippen LogP contribution in [-0.4, -0.2) is 41.2 Å². The average Bonchev–Trinajstić information content (AvgIpc) is 2.56. The van der Waals surface area contributed by atoms with Gasteiger partial charge < -0.3 is 9.53 Å². The molecule has 1 rings (SSSR count). The molecule has 0 aliphatic heterocycles. The summed E-state index contributed by atoms with van der Waals surface area (Å²) < 4.78 is 35.3. The lowest BCUT2D eigenvalue weighted by Crippen LogP contribution is -2.44. The fraction of sp³-hybridized carbons (Fsp3) is 0.600. The van der Waals surface area contributed by atoms with E-state index in [1.807, 2.05) is 6.92 Å². The zero-order valence-electron chi connectivity index (χ0n) is 17.2. The van der Waals surface area contributed by atoms with E-state index in [9.17, 15) is 13.5 Å². The minimum absolute atomic E-state index is 0.00388. The number of hydrogen-bond acceptors (Lipinski definition) is 5. The van der Waals surface area contributed by atoms with Crippen LogP contribution in [0.5, 0.6) is 0 Å². The molecule has 0 aliphatic rings. The van der Waals surface area contributed by atoms with Crippen LogP contribution in [0, 0.1) is 18.8 Å². The van der Waals surface area contributed by atoms with Crippen molar-refractivity contribution in [1.82, 2.24) is 0 Å². The van der Waals surface area contributed by atoms with Crippen LogP contribution in [-0.2, 0) is 18.7 Å². The Morgan fingerprint density at radius 1 is 1.15 bits per heavy atom. The second kappa shape index (κ2) is 9.85. The van der Waals surface area contributed by atoms with Gasteiger partial charge in [-0.2, -0.15) is 8.42 Å². The maximum Gasteiger partial charge on any atom is 0.297 e. The summed E-state index contributed by atoms with van der Waals surface area (Å²) in [5.41, 5.74) is 0.984. The first-order chi connectivity index (χ1) is 12.4. The molecule has 0 saturated heterocycles. The van der Waals surface area contributed by atoms with Crippen LogP contribution in [0.15, 0.2) is 29.2 Å². The van der Waals surface area contributed by atoms with Crippen molar-refractivity contribution in [1.29, 1.82) is 0 Å². The Labute approximate surface area is 165 Å². The molecule has 1 aromatic carbocycles. The first-order valence-electron chi connectivity index (χ1n) is 9.09. The van der Waals surface area contributed by atoms with E-state index >= 15 is 0 Å². The van der Waals surface area contributed by atoms with Crippen LogP contribution in [0.4, 0.5) is 0 Å². The molecule has 27 heavy (non-hydrogen) atoms. The second-order valence-electron chi connectivity index (χ2n) is 8.08. The first-order valence-corrected chi connectivity index (χ1v) is 13.4. The molecular weight excluding hydrogens is 380 g/mol. The van der Waals surface area contributed by atoms with Gasteiger partial charge in [0.25, 0.3) is 10.1 Å². The molecule has 5 nitrogen and oxygen atoms in total. The normalized spacial score (nSPS) is 13.7. The van der Waals surface area contributed by atoms with E-state index in [0.717, 1.165) is 5.56 Å². The molecule has 0 fully saturated rings. The third-order valence-corrected chi connectivity index (χ3v) is 10.6. The largest absolute Gasteiger partial charge is 0.411 e. The Morgan fingerprint density at radius 2 is 1.74 bits per heavy atom. The number of aryl methyl sites for hydroxylation is 1. The van der Waals surface area contributed by atoms with E-state index in [1.165, 1.54) is 12.1 Å². The topological polar surface area (TPSA) is 72.8 Å². The molecule has 0 unspecified atom stereocenters. The standard InChI is InChI=1S/C20H32O5SSi/c1-17-11-13-19(14-12-17)26(22,23)24-15-9-7-8-10-18(16-21)25-27(5,6)20(2,3)4/h11-14,18,21H,9-10,15-16H2,1-6H3/t18-/m0/s1. The maximum atomic E-state index is 12.1. The van der Waals surface area contributed by atoms with Crippen LogP contribution >= 0.6 is 0 Å². The van der Waals surface area contributed by atoms with Crippen molar-refractivity contribution >= 4 is 18.4 Å². The molecule has 1 N–H and O–H groups in total. The summed E-state index contributed by atoms with van der Waals surface area (Å²) in [6, 6.07) is 6.52. The van der Waals surface area contributed by atoms with Crippen molar-refractivity contribution in [3.63, 3.8) is 0 Å². The monoisotopic (exact) mass is 412 g/mol. The summed E-state index contributed by atoms with van der Waals surface area (Å²) >= 11 is 0. The van der Waals surface area contributed by atoms with Gasteiger partial charge in [0.2, 0.25) is 0 Å². The molecule has 0 aromatic heterocycles. The Hall–Kier alpha value is -1.17. The van der Waals surface area contributed by atoms with Crippen molar-refractivity contribution in [2.45, 2.75) is 69.7 Å². The van der Waals surface area contributed by atoms with Gasteiger partial charge in [-0.1, -0.05) is 38.5 Å². The van der Waals surface area contributed by atoms with Gasteiger partial charge in [-0.3, -0.25) is 4.18 Å². The third-order valence-electron chi connectivity index (χ3n) is 4.70. The molecule has 0 saturated carbocycles. The van der Waals surface area contributed by atoms with Crippen LogP contribution in [0.25, 0.3) is 0 Å². The minimum atomic E-state index is -3.75. The predicted molar refractivity (Wildman–Crippen MR) is 110 cm³/mol. The van der Waals surface area contributed by atoms with Crippen molar-refractivity contribution < 1.29 is 22.1 Å². The number of aliphatic hydroxyl groups is 1. The van der Waals surface area contributed by atoms with Gasteiger partial charge in [0.05, 0.1) is 24.2 Å². The number of aliphatic hydroxyl groups excluding tert-OH is 1. The number of rotatable bonds is 8. The lowest BCUT2D eigenvalue weighted by atomic mass is 10.2. The van der Waals surface area contributed by atoms with Gasteiger partial charge in [-0.15, -0.1) is 11.8 Å². The van der Waals surface area contributed by atoms with Crippen molar-refractivity contribution in [2.24, 2.45) is 0 Å². The molecule has 0 bridgehead atoms. The van der Waals surface area contributed by atoms with Crippen LogP contribution in [0.1, 0.15) is 39.2 Å². The van der Waals surface area contributed by atoms with E-state index in [4.69, 9.17) is 8.61 Å². The molecule has 0 aliphatic carbocycles. The van der Waals surface area contributed by atoms with Gasteiger partial charge in [0.1, 0.15) is 0 Å². The van der Waals surface area contributed by atoms with Crippen molar-refractivity contribution in [2.75, 3.05) is 13.2 Å². The smallest absolute Gasteiger partial charge is 0.297 e. The second-order valence-corrected chi connectivity index (χ2v) is 14.5. The summed E-state index contributed by atoms with van der Waals surface area (Å²) in [7, 11) is -5.72. The number of hydrogen-bond donors (Lipinski definition) is 1. The SMILES string of the molecule is Cc1ccc(S(=O)(=O)OCCC#CC[C@@H](CO)O[Si](C)(C)C(C)(C)C)cc1. The van der Waals surface area contributed by atoms with Crippen LogP contribution < -0.4 is 0 Å². The average molecular weight is 413 g/mol. The van der Waals surface area contributed by atoms with Gasteiger partial charge >= 0.3 is 0 Å². The van der Waals surface area contributed by atoms with E-state index in [0.29, 0.717) is 12.8 Å². The first kappa shape index (κ1) is 23.9. The molecule has 7 heteroatoms. The van der Waals surface area contributed by atoms with Gasteiger partial charge in [0, 0.05) is 12.8 Å². The number of benzene rings is 1. The zero-order valence-corrected chi connectivity index (χ0v) is 19.0. The maximum absolute atomic E-state index is 12.1. The Balaban J connectivity index is 2.49. The van der Waals surface area contributed by atoms with E-state index in [-0.39, 0.29) is 29.3 Å². The summed E-state index contributed by atoms with van der Waals surface area (Å²) in [5, 5.41) is 9.60. The zero-order chi connectivity index (χ0) is 20.7. The highest BCUT2D eigenvalue weighted by atomic mass is 32.2. The Morgan fingerprint density at radius 3 is 2.26 bits per heavy atom. The Kier molecular flexibility index (Phi) is 8.71. The molecule has 1 aromatic rings. The van der Waals surface area contributed by atoms with E-state index < -0.39 is 18.4 Å². The predicted octanol–water partition coefficient (Wildman–Crippen LogP) is 3.87. The fourth-order valence-electron chi connectivity index (χ4n) is 1.99. The van der Waals surface area contributed by atoms with E-state index in [1.54, 1.807) is 12.1 Å². The molecular formula is C20H32O5SSi. The summed E-state index contributed by atoms with van der Waals surface area (Å²) in [5.74, 6) is 5.85. The van der Waals surface area contributed by atoms with E-state index in [2.05, 4.69) is 45.7 Å². The molecule has 0 spiro atoms. The van der Waals surface area contributed by atoms with Gasteiger partial charge in [-0.25, -0.2) is 0 Å². The van der Waals surface area contributed by atoms with Crippen molar-refractivity contribution in [3.05, 3.63) is 29.8 Å². The van der Waals surface area contributed by atoms with Gasteiger partial charge in [-0.05, 0) is 37.2 Å². The third kappa shape index (κ3) is 7.76.